The van der Waals surface area contributed by atoms with Crippen LogP contribution in [0.1, 0.15) is 57.5 Å². The molecule has 0 saturated carbocycles. The molecular formula is C25H28N4O4. The number of amides is 2. The molecule has 8 nitrogen and oxygen atoms in total. The van der Waals surface area contributed by atoms with Gasteiger partial charge in [-0.05, 0) is 70.2 Å². The van der Waals surface area contributed by atoms with E-state index >= 15 is 0 Å². The number of carbonyl (C=O) groups excluding carboxylic acids is 3. The van der Waals surface area contributed by atoms with Crippen LogP contribution in [0.2, 0.25) is 0 Å². The normalized spacial score (nSPS) is 10.5. The summed E-state index contributed by atoms with van der Waals surface area (Å²) in [4.78, 5) is 39.0. The number of carbonyl (C=O) groups is 3. The highest BCUT2D eigenvalue weighted by Crippen LogP contribution is 2.18. The van der Waals surface area contributed by atoms with E-state index in [1.165, 1.54) is 6.20 Å². The van der Waals surface area contributed by atoms with Crippen LogP contribution in [0.15, 0.2) is 54.7 Å². The van der Waals surface area contributed by atoms with E-state index in [-0.39, 0.29) is 11.8 Å². The lowest BCUT2D eigenvalue weighted by Gasteiger charge is -2.19. The topological polar surface area (TPSA) is 93.5 Å². The fraction of sp³-hybridized carbons (Fsp3) is 0.280. The number of ether oxygens (including phenoxy) is 1. The molecule has 1 N–H and O–H groups in total. The number of esters is 1. The van der Waals surface area contributed by atoms with Crippen LogP contribution in [0, 0.1) is 6.92 Å². The van der Waals surface area contributed by atoms with Gasteiger partial charge in [0, 0.05) is 29.9 Å². The molecular weight excluding hydrogens is 420 g/mol. The van der Waals surface area contributed by atoms with Gasteiger partial charge in [0.05, 0.1) is 24.2 Å². The number of aromatic nitrogens is 2. The number of nitrogens with one attached hydrogen (secondary N) is 1. The average Bonchev–Trinajstić information content (AvgIpc) is 3.21. The number of hydrogen-bond donors (Lipinski definition) is 1. The van der Waals surface area contributed by atoms with Gasteiger partial charge in [-0.1, -0.05) is 6.07 Å². The third kappa shape index (κ3) is 5.28. The summed E-state index contributed by atoms with van der Waals surface area (Å²) in [6.07, 6.45) is 1.47. The quantitative estimate of drug-likeness (QED) is 0.524. The maximum atomic E-state index is 12.7. The molecule has 0 aliphatic heterocycles. The molecule has 0 unspecified atom stereocenters. The van der Waals surface area contributed by atoms with Gasteiger partial charge in [0.15, 0.2) is 0 Å². The minimum atomic E-state index is -0.418. The van der Waals surface area contributed by atoms with E-state index in [9.17, 15) is 14.4 Å². The van der Waals surface area contributed by atoms with Gasteiger partial charge in [0.25, 0.3) is 11.8 Å². The van der Waals surface area contributed by atoms with Gasteiger partial charge in [-0.2, -0.15) is 5.10 Å². The number of rotatable bonds is 8. The standard InChI is InChI=1S/C25H28N4O4/c1-5-28(6-2)24(31)19-9-8-10-20(15-19)27-23(30)18-11-13-21(14-12-18)29-17(4)22(16-26-29)25(32)33-7-3/h8-16H,5-7H2,1-4H3,(H,27,30). The van der Waals surface area contributed by atoms with Gasteiger partial charge in [0.2, 0.25) is 0 Å². The molecule has 3 rings (SSSR count). The predicted molar refractivity (Wildman–Crippen MR) is 126 cm³/mol. The van der Waals surface area contributed by atoms with Crippen molar-refractivity contribution in [2.24, 2.45) is 0 Å². The summed E-state index contributed by atoms with van der Waals surface area (Å²) in [5.41, 5.74) is 3.29. The number of hydrogen-bond acceptors (Lipinski definition) is 5. The largest absolute Gasteiger partial charge is 0.462 e. The molecule has 3 aromatic rings. The van der Waals surface area contributed by atoms with E-state index in [2.05, 4.69) is 10.4 Å². The highest BCUT2D eigenvalue weighted by molar-refractivity contribution is 6.05. The molecule has 0 saturated heterocycles. The summed E-state index contributed by atoms with van der Waals surface area (Å²) in [6, 6.07) is 13.8. The minimum absolute atomic E-state index is 0.0720. The van der Waals surface area contributed by atoms with Crippen molar-refractivity contribution in [3.05, 3.63) is 77.1 Å². The van der Waals surface area contributed by atoms with Crippen molar-refractivity contribution in [3.63, 3.8) is 0 Å². The Morgan fingerprint density at radius 2 is 1.70 bits per heavy atom. The van der Waals surface area contributed by atoms with Crippen LogP contribution in [-0.4, -0.2) is 52.2 Å². The third-order valence-electron chi connectivity index (χ3n) is 5.30. The summed E-state index contributed by atoms with van der Waals surface area (Å²) >= 11 is 0. The van der Waals surface area contributed by atoms with Crippen molar-refractivity contribution in [1.29, 1.82) is 0 Å². The van der Waals surface area contributed by atoms with Crippen LogP contribution < -0.4 is 5.32 Å². The molecule has 0 aliphatic carbocycles. The number of anilines is 1. The first-order valence-electron chi connectivity index (χ1n) is 10.9. The lowest BCUT2D eigenvalue weighted by molar-refractivity contribution is 0.0525. The van der Waals surface area contributed by atoms with Crippen LogP contribution in [0.4, 0.5) is 5.69 Å². The molecule has 0 bridgehead atoms. The van der Waals surface area contributed by atoms with Crippen molar-refractivity contribution < 1.29 is 19.1 Å². The van der Waals surface area contributed by atoms with Gasteiger partial charge < -0.3 is 15.0 Å². The Hall–Kier alpha value is -3.94. The van der Waals surface area contributed by atoms with E-state index in [1.807, 2.05) is 13.8 Å². The monoisotopic (exact) mass is 448 g/mol. The van der Waals surface area contributed by atoms with E-state index in [4.69, 9.17) is 4.74 Å². The van der Waals surface area contributed by atoms with E-state index in [0.717, 1.165) is 0 Å². The van der Waals surface area contributed by atoms with Crippen LogP contribution >= 0.6 is 0 Å². The number of benzene rings is 2. The molecule has 0 fully saturated rings. The highest BCUT2D eigenvalue weighted by atomic mass is 16.5. The van der Waals surface area contributed by atoms with Gasteiger partial charge in [0.1, 0.15) is 5.56 Å². The average molecular weight is 449 g/mol. The second-order valence-electron chi connectivity index (χ2n) is 7.34. The van der Waals surface area contributed by atoms with Crippen molar-refractivity contribution in [3.8, 4) is 5.69 Å². The van der Waals surface area contributed by atoms with Gasteiger partial charge in [-0.3, -0.25) is 9.59 Å². The van der Waals surface area contributed by atoms with Crippen LogP contribution in [-0.2, 0) is 4.74 Å². The van der Waals surface area contributed by atoms with Crippen molar-refractivity contribution >= 4 is 23.5 Å². The molecule has 33 heavy (non-hydrogen) atoms. The maximum Gasteiger partial charge on any atom is 0.341 e. The lowest BCUT2D eigenvalue weighted by Crippen LogP contribution is -2.30. The zero-order chi connectivity index (χ0) is 24.0. The van der Waals surface area contributed by atoms with Crippen molar-refractivity contribution in [2.45, 2.75) is 27.7 Å². The van der Waals surface area contributed by atoms with E-state index in [0.29, 0.717) is 53.5 Å². The zero-order valence-corrected chi connectivity index (χ0v) is 19.3. The Labute approximate surface area is 193 Å². The number of nitrogens with zero attached hydrogens (tertiary/aromatic N) is 3. The molecule has 2 amide bonds. The summed E-state index contributed by atoms with van der Waals surface area (Å²) < 4.78 is 6.67. The first-order valence-corrected chi connectivity index (χ1v) is 10.9. The Bertz CT molecular complexity index is 1150. The molecule has 1 aromatic heterocycles. The fourth-order valence-electron chi connectivity index (χ4n) is 3.46. The maximum absolute atomic E-state index is 12.7. The molecule has 1 heterocycles. The third-order valence-corrected chi connectivity index (χ3v) is 5.30. The molecule has 0 atom stereocenters. The Balaban J connectivity index is 1.74. The molecule has 0 radical (unpaired) electrons. The second-order valence-corrected chi connectivity index (χ2v) is 7.34. The minimum Gasteiger partial charge on any atom is -0.462 e. The Morgan fingerprint density at radius 3 is 2.33 bits per heavy atom. The Kier molecular flexibility index (Phi) is 7.61. The van der Waals surface area contributed by atoms with Crippen molar-refractivity contribution in [2.75, 3.05) is 25.0 Å². The first kappa shape index (κ1) is 23.7. The zero-order valence-electron chi connectivity index (χ0n) is 19.3. The lowest BCUT2D eigenvalue weighted by atomic mass is 10.1. The Morgan fingerprint density at radius 1 is 1.00 bits per heavy atom. The molecule has 0 spiro atoms. The van der Waals surface area contributed by atoms with Gasteiger partial charge >= 0.3 is 5.97 Å². The highest BCUT2D eigenvalue weighted by Gasteiger charge is 2.17. The molecule has 2 aromatic carbocycles. The van der Waals surface area contributed by atoms with E-state index in [1.54, 1.807) is 72.0 Å². The molecule has 8 heteroatoms. The smallest absolute Gasteiger partial charge is 0.341 e. The second kappa shape index (κ2) is 10.6. The summed E-state index contributed by atoms with van der Waals surface area (Å²) in [5, 5.41) is 7.10. The SMILES string of the molecule is CCOC(=O)c1cnn(-c2ccc(C(=O)Nc3cccc(C(=O)N(CC)CC)c3)cc2)c1C. The molecule has 0 aliphatic rings. The summed E-state index contributed by atoms with van der Waals surface area (Å²) in [7, 11) is 0. The van der Waals surface area contributed by atoms with Crippen molar-refractivity contribution in [1.82, 2.24) is 14.7 Å². The van der Waals surface area contributed by atoms with Gasteiger partial charge in [-0.25, -0.2) is 9.48 Å². The van der Waals surface area contributed by atoms with Crippen LogP contribution in [0.5, 0.6) is 0 Å². The van der Waals surface area contributed by atoms with Crippen LogP contribution in [0.25, 0.3) is 5.69 Å². The van der Waals surface area contributed by atoms with Crippen LogP contribution in [0.3, 0.4) is 0 Å². The predicted octanol–water partition coefficient (Wildman–Crippen LogP) is 4.09. The fourth-order valence-corrected chi connectivity index (χ4v) is 3.46. The van der Waals surface area contributed by atoms with E-state index < -0.39 is 5.97 Å². The first-order chi connectivity index (χ1) is 15.9. The summed E-state index contributed by atoms with van der Waals surface area (Å²) in [6.45, 7) is 8.93. The molecule has 172 valence electrons. The van der Waals surface area contributed by atoms with Gasteiger partial charge in [-0.15, -0.1) is 0 Å². The summed E-state index contributed by atoms with van der Waals surface area (Å²) in [5.74, 6) is -0.783.